The molecule has 1 rings (SSSR count). The van der Waals surface area contributed by atoms with Gasteiger partial charge in [0.1, 0.15) is 0 Å². The summed E-state index contributed by atoms with van der Waals surface area (Å²) in [6.45, 7) is 8.03. The van der Waals surface area contributed by atoms with Gasteiger partial charge in [-0.2, -0.15) is 12.7 Å². The number of rotatable bonds is 11. The number of hydrogen-bond donors (Lipinski definition) is 2. The molecule has 6 nitrogen and oxygen atoms in total. The number of nitrogens with one attached hydrogen (secondary N) is 2. The topological polar surface area (TPSA) is 64.7 Å². The molecule has 0 saturated carbocycles. The molecular formula is C13H30N4O2S. The summed E-state index contributed by atoms with van der Waals surface area (Å²) in [5, 5.41) is 3.27. The van der Waals surface area contributed by atoms with Crippen molar-refractivity contribution in [3.63, 3.8) is 0 Å². The van der Waals surface area contributed by atoms with Crippen molar-refractivity contribution < 1.29 is 8.42 Å². The van der Waals surface area contributed by atoms with E-state index in [-0.39, 0.29) is 0 Å². The van der Waals surface area contributed by atoms with Crippen LogP contribution in [0.25, 0.3) is 0 Å². The maximum absolute atomic E-state index is 12.0. The fraction of sp³-hybridized carbons (Fsp3) is 1.00. The first-order valence-electron chi connectivity index (χ1n) is 7.70. The van der Waals surface area contributed by atoms with Crippen LogP contribution in [-0.4, -0.2) is 70.5 Å². The van der Waals surface area contributed by atoms with Gasteiger partial charge >= 0.3 is 0 Å². The van der Waals surface area contributed by atoms with E-state index in [0.29, 0.717) is 13.1 Å². The third-order valence-corrected chi connectivity index (χ3v) is 5.15. The SMILES string of the molecule is CCCNCCCN(C)S(=O)(=O)NCCN1CCCC1. The Balaban J connectivity index is 2.14. The summed E-state index contributed by atoms with van der Waals surface area (Å²) in [7, 11) is -1.68. The van der Waals surface area contributed by atoms with Crippen molar-refractivity contribution in [3.05, 3.63) is 0 Å². The third-order valence-electron chi connectivity index (χ3n) is 3.57. The van der Waals surface area contributed by atoms with Crippen LogP contribution in [0, 0.1) is 0 Å². The minimum atomic E-state index is -3.32. The van der Waals surface area contributed by atoms with E-state index in [0.717, 1.165) is 45.6 Å². The van der Waals surface area contributed by atoms with Crippen molar-refractivity contribution in [2.45, 2.75) is 32.6 Å². The Morgan fingerprint density at radius 2 is 1.85 bits per heavy atom. The van der Waals surface area contributed by atoms with Crippen LogP contribution in [0.2, 0.25) is 0 Å². The maximum Gasteiger partial charge on any atom is 0.279 e. The van der Waals surface area contributed by atoms with Crippen LogP contribution >= 0.6 is 0 Å². The molecule has 20 heavy (non-hydrogen) atoms. The van der Waals surface area contributed by atoms with Crippen molar-refractivity contribution >= 4 is 10.2 Å². The highest BCUT2D eigenvalue weighted by atomic mass is 32.2. The van der Waals surface area contributed by atoms with Crippen LogP contribution in [0.3, 0.4) is 0 Å². The quantitative estimate of drug-likeness (QED) is 0.537. The van der Waals surface area contributed by atoms with Crippen LogP contribution in [0.4, 0.5) is 0 Å². The van der Waals surface area contributed by atoms with Crippen molar-refractivity contribution in [1.29, 1.82) is 0 Å². The van der Waals surface area contributed by atoms with E-state index in [2.05, 4.69) is 21.9 Å². The summed E-state index contributed by atoms with van der Waals surface area (Å²) >= 11 is 0. The molecule has 1 aliphatic heterocycles. The van der Waals surface area contributed by atoms with Gasteiger partial charge in [0.15, 0.2) is 0 Å². The van der Waals surface area contributed by atoms with E-state index in [1.54, 1.807) is 7.05 Å². The van der Waals surface area contributed by atoms with Crippen LogP contribution in [0.5, 0.6) is 0 Å². The molecule has 0 aliphatic carbocycles. The molecule has 0 aromatic rings. The molecule has 1 fully saturated rings. The summed E-state index contributed by atoms with van der Waals surface area (Å²) in [5.74, 6) is 0. The highest BCUT2D eigenvalue weighted by Crippen LogP contribution is 2.05. The third kappa shape index (κ3) is 6.99. The minimum absolute atomic E-state index is 0.501. The predicted octanol–water partition coefficient (Wildman–Crippen LogP) is 0.238. The summed E-state index contributed by atoms with van der Waals surface area (Å²) < 4.78 is 28.1. The molecule has 0 radical (unpaired) electrons. The lowest BCUT2D eigenvalue weighted by molar-refractivity contribution is 0.341. The van der Waals surface area contributed by atoms with E-state index in [1.165, 1.54) is 17.1 Å². The molecule has 120 valence electrons. The van der Waals surface area contributed by atoms with E-state index in [9.17, 15) is 8.42 Å². The van der Waals surface area contributed by atoms with Gasteiger partial charge in [0.25, 0.3) is 10.2 Å². The standard InChI is InChI=1S/C13H30N4O2S/c1-3-7-14-8-6-10-16(2)20(18,19)15-9-13-17-11-4-5-12-17/h14-15H,3-13H2,1-2H3. The van der Waals surface area contributed by atoms with E-state index in [4.69, 9.17) is 0 Å². The molecule has 2 N–H and O–H groups in total. The number of likely N-dealkylation sites (tertiary alicyclic amines) is 1. The van der Waals surface area contributed by atoms with Crippen molar-refractivity contribution in [2.24, 2.45) is 0 Å². The van der Waals surface area contributed by atoms with Gasteiger partial charge < -0.3 is 10.2 Å². The monoisotopic (exact) mass is 306 g/mol. The van der Waals surface area contributed by atoms with Crippen molar-refractivity contribution in [2.75, 3.05) is 52.9 Å². The second kappa shape index (κ2) is 9.68. The predicted molar refractivity (Wildman–Crippen MR) is 83.0 cm³/mol. The van der Waals surface area contributed by atoms with E-state index >= 15 is 0 Å². The van der Waals surface area contributed by atoms with Gasteiger partial charge in [-0.05, 0) is 51.9 Å². The fourth-order valence-corrected chi connectivity index (χ4v) is 3.24. The summed E-state index contributed by atoms with van der Waals surface area (Å²) in [4.78, 5) is 2.30. The average molecular weight is 306 g/mol. The molecule has 1 aliphatic rings. The Kier molecular flexibility index (Phi) is 8.63. The van der Waals surface area contributed by atoms with Gasteiger partial charge in [-0.25, -0.2) is 4.72 Å². The molecule has 0 unspecified atom stereocenters. The lowest BCUT2D eigenvalue weighted by Crippen LogP contribution is -2.42. The molecule has 0 aromatic heterocycles. The first-order valence-corrected chi connectivity index (χ1v) is 9.14. The van der Waals surface area contributed by atoms with Gasteiger partial charge in [-0.15, -0.1) is 0 Å². The normalized spacial score (nSPS) is 17.1. The molecule has 1 saturated heterocycles. The van der Waals surface area contributed by atoms with Gasteiger partial charge in [-0.3, -0.25) is 0 Å². The first-order chi connectivity index (χ1) is 9.56. The van der Waals surface area contributed by atoms with Crippen molar-refractivity contribution in [1.82, 2.24) is 19.2 Å². The van der Waals surface area contributed by atoms with Crippen molar-refractivity contribution in [3.8, 4) is 0 Å². The fourth-order valence-electron chi connectivity index (χ4n) is 2.30. The Labute approximate surface area is 124 Å². The highest BCUT2D eigenvalue weighted by Gasteiger charge is 2.17. The second-order valence-corrected chi connectivity index (χ2v) is 7.24. The van der Waals surface area contributed by atoms with Crippen LogP contribution in [-0.2, 0) is 10.2 Å². The second-order valence-electron chi connectivity index (χ2n) is 5.37. The van der Waals surface area contributed by atoms with Crippen LogP contribution < -0.4 is 10.0 Å². The average Bonchev–Trinajstić information content (AvgIpc) is 2.91. The molecule has 1 heterocycles. The largest absolute Gasteiger partial charge is 0.317 e. The molecule has 0 bridgehead atoms. The molecule has 0 amide bonds. The van der Waals surface area contributed by atoms with Crippen LogP contribution in [0.1, 0.15) is 32.6 Å². The summed E-state index contributed by atoms with van der Waals surface area (Å²) in [6, 6.07) is 0. The Morgan fingerprint density at radius 1 is 1.15 bits per heavy atom. The Bertz CT molecular complexity index is 342. The molecule has 0 atom stereocenters. The van der Waals surface area contributed by atoms with E-state index < -0.39 is 10.2 Å². The van der Waals surface area contributed by atoms with Gasteiger partial charge in [0.05, 0.1) is 0 Å². The molecule has 0 aromatic carbocycles. The number of hydrogen-bond acceptors (Lipinski definition) is 4. The zero-order valence-corrected chi connectivity index (χ0v) is 13.7. The van der Waals surface area contributed by atoms with Gasteiger partial charge in [0, 0.05) is 26.7 Å². The summed E-state index contributed by atoms with van der Waals surface area (Å²) in [6.07, 6.45) is 4.41. The lowest BCUT2D eigenvalue weighted by Gasteiger charge is -2.19. The Hall–Kier alpha value is -0.210. The molecular weight excluding hydrogens is 276 g/mol. The van der Waals surface area contributed by atoms with Crippen LogP contribution in [0.15, 0.2) is 0 Å². The highest BCUT2D eigenvalue weighted by molar-refractivity contribution is 7.87. The zero-order chi connectivity index (χ0) is 14.8. The Morgan fingerprint density at radius 3 is 2.50 bits per heavy atom. The van der Waals surface area contributed by atoms with Gasteiger partial charge in [0.2, 0.25) is 0 Å². The first kappa shape index (κ1) is 17.8. The van der Waals surface area contributed by atoms with Gasteiger partial charge in [-0.1, -0.05) is 6.92 Å². The lowest BCUT2D eigenvalue weighted by atomic mass is 10.4. The molecule has 0 spiro atoms. The smallest absolute Gasteiger partial charge is 0.279 e. The molecule has 7 heteroatoms. The minimum Gasteiger partial charge on any atom is -0.317 e. The number of nitrogens with zero attached hydrogens (tertiary/aromatic N) is 2. The zero-order valence-electron chi connectivity index (χ0n) is 12.9. The maximum atomic E-state index is 12.0. The summed E-state index contributed by atoms with van der Waals surface area (Å²) in [5.41, 5.74) is 0. The van der Waals surface area contributed by atoms with E-state index in [1.807, 2.05) is 0 Å².